The SMILES string of the molecule is COc1nc(-c2cccc(-c3ccc4c(c3)OCCO4)c2Cl)c(C)cc1CCl. The van der Waals surface area contributed by atoms with Crippen molar-refractivity contribution in [3.05, 3.63) is 58.6 Å². The lowest BCUT2D eigenvalue weighted by atomic mass is 9.98. The summed E-state index contributed by atoms with van der Waals surface area (Å²) in [4.78, 5) is 4.66. The number of halogens is 2. The molecule has 4 rings (SSSR count). The largest absolute Gasteiger partial charge is 0.486 e. The Balaban J connectivity index is 1.82. The van der Waals surface area contributed by atoms with Crippen molar-refractivity contribution in [1.82, 2.24) is 4.98 Å². The van der Waals surface area contributed by atoms with Crippen LogP contribution in [0, 0.1) is 6.92 Å². The standard InChI is InChI=1S/C22H19Cl2NO3/c1-13-10-15(12-23)22(26-2)25-21(13)17-5-3-4-16(20(17)24)14-6-7-18-19(11-14)28-9-8-27-18/h3-7,10-11H,8-9,12H2,1-2H3. The third kappa shape index (κ3) is 3.38. The highest BCUT2D eigenvalue weighted by molar-refractivity contribution is 6.36. The average Bonchev–Trinajstić information content (AvgIpc) is 2.73. The van der Waals surface area contributed by atoms with E-state index in [9.17, 15) is 0 Å². The highest BCUT2D eigenvalue weighted by atomic mass is 35.5. The molecule has 2 heterocycles. The van der Waals surface area contributed by atoms with Crippen molar-refractivity contribution in [3.8, 4) is 39.8 Å². The summed E-state index contributed by atoms with van der Waals surface area (Å²) < 4.78 is 16.7. The van der Waals surface area contributed by atoms with E-state index in [0.717, 1.165) is 45.0 Å². The fourth-order valence-electron chi connectivity index (χ4n) is 3.35. The molecule has 0 saturated heterocycles. The van der Waals surface area contributed by atoms with E-state index in [1.807, 2.05) is 49.4 Å². The third-order valence-corrected chi connectivity index (χ3v) is 5.39. The Morgan fingerprint density at radius 3 is 2.54 bits per heavy atom. The minimum Gasteiger partial charge on any atom is -0.486 e. The monoisotopic (exact) mass is 415 g/mol. The fourth-order valence-corrected chi connectivity index (χ4v) is 3.86. The third-order valence-electron chi connectivity index (χ3n) is 4.70. The molecule has 3 aromatic rings. The Kier molecular flexibility index (Phi) is 5.33. The smallest absolute Gasteiger partial charge is 0.218 e. The summed E-state index contributed by atoms with van der Waals surface area (Å²) in [7, 11) is 1.59. The van der Waals surface area contributed by atoms with Crippen LogP contribution < -0.4 is 14.2 Å². The zero-order valence-electron chi connectivity index (χ0n) is 15.6. The first-order valence-electron chi connectivity index (χ1n) is 8.91. The first-order valence-corrected chi connectivity index (χ1v) is 9.83. The van der Waals surface area contributed by atoms with Crippen molar-refractivity contribution < 1.29 is 14.2 Å². The summed E-state index contributed by atoms with van der Waals surface area (Å²) in [5.41, 5.74) is 5.30. The summed E-state index contributed by atoms with van der Waals surface area (Å²) in [5.74, 6) is 2.33. The number of ether oxygens (including phenoxy) is 3. The maximum Gasteiger partial charge on any atom is 0.218 e. The maximum absolute atomic E-state index is 6.82. The van der Waals surface area contributed by atoms with E-state index in [0.29, 0.717) is 30.0 Å². The molecular weight excluding hydrogens is 397 g/mol. The molecule has 0 aliphatic carbocycles. The molecule has 0 fully saturated rings. The number of fused-ring (bicyclic) bond motifs is 1. The number of nitrogens with zero attached hydrogens (tertiary/aromatic N) is 1. The molecule has 0 bridgehead atoms. The van der Waals surface area contributed by atoms with Gasteiger partial charge in [-0.2, -0.15) is 0 Å². The van der Waals surface area contributed by atoms with E-state index in [1.54, 1.807) is 7.11 Å². The van der Waals surface area contributed by atoms with Crippen molar-refractivity contribution in [2.45, 2.75) is 12.8 Å². The Labute approximate surface area is 174 Å². The van der Waals surface area contributed by atoms with Crippen LogP contribution in [0.1, 0.15) is 11.1 Å². The van der Waals surface area contributed by atoms with Gasteiger partial charge in [0.2, 0.25) is 5.88 Å². The van der Waals surface area contributed by atoms with Crippen LogP contribution in [0.2, 0.25) is 5.02 Å². The summed E-state index contributed by atoms with van der Waals surface area (Å²) in [6, 6.07) is 13.7. The molecule has 6 heteroatoms. The summed E-state index contributed by atoms with van der Waals surface area (Å²) in [5, 5.41) is 0.621. The van der Waals surface area contributed by atoms with Gasteiger partial charge in [0.25, 0.3) is 0 Å². The van der Waals surface area contributed by atoms with Crippen LogP contribution in [0.4, 0.5) is 0 Å². The van der Waals surface area contributed by atoms with Gasteiger partial charge in [-0.25, -0.2) is 4.98 Å². The van der Waals surface area contributed by atoms with E-state index >= 15 is 0 Å². The Bertz CT molecular complexity index is 1040. The van der Waals surface area contributed by atoms with Crippen LogP contribution in [-0.4, -0.2) is 25.3 Å². The molecule has 2 aromatic carbocycles. The van der Waals surface area contributed by atoms with E-state index in [4.69, 9.17) is 37.4 Å². The van der Waals surface area contributed by atoms with Gasteiger partial charge in [0.05, 0.1) is 23.7 Å². The van der Waals surface area contributed by atoms with Gasteiger partial charge in [0.15, 0.2) is 11.5 Å². The molecule has 0 saturated carbocycles. The molecule has 0 atom stereocenters. The first kappa shape index (κ1) is 18.9. The Hall–Kier alpha value is -2.43. The summed E-state index contributed by atoms with van der Waals surface area (Å²) >= 11 is 12.8. The second kappa shape index (κ2) is 7.90. The van der Waals surface area contributed by atoms with Gasteiger partial charge in [0.1, 0.15) is 13.2 Å². The molecule has 0 N–H and O–H groups in total. The van der Waals surface area contributed by atoms with Crippen molar-refractivity contribution in [2.24, 2.45) is 0 Å². The molecule has 144 valence electrons. The van der Waals surface area contributed by atoms with Gasteiger partial charge in [-0.1, -0.05) is 35.9 Å². The second-order valence-electron chi connectivity index (χ2n) is 6.48. The number of hydrogen-bond donors (Lipinski definition) is 0. The molecule has 1 aromatic heterocycles. The molecule has 0 radical (unpaired) electrons. The van der Waals surface area contributed by atoms with Gasteiger partial charge < -0.3 is 14.2 Å². The lowest BCUT2D eigenvalue weighted by molar-refractivity contribution is 0.171. The van der Waals surface area contributed by atoms with Gasteiger partial charge >= 0.3 is 0 Å². The highest BCUT2D eigenvalue weighted by Crippen LogP contribution is 2.41. The summed E-state index contributed by atoms with van der Waals surface area (Å²) in [6.07, 6.45) is 0. The van der Waals surface area contributed by atoms with Crippen molar-refractivity contribution in [1.29, 1.82) is 0 Å². The fraction of sp³-hybridized carbons (Fsp3) is 0.227. The molecule has 0 unspecified atom stereocenters. The second-order valence-corrected chi connectivity index (χ2v) is 7.13. The number of pyridine rings is 1. The van der Waals surface area contributed by atoms with Crippen LogP contribution in [0.15, 0.2) is 42.5 Å². The van der Waals surface area contributed by atoms with Gasteiger partial charge in [-0.3, -0.25) is 0 Å². The van der Waals surface area contributed by atoms with Crippen LogP contribution >= 0.6 is 23.2 Å². The van der Waals surface area contributed by atoms with Gasteiger partial charge in [-0.15, -0.1) is 11.6 Å². The van der Waals surface area contributed by atoms with Crippen molar-refractivity contribution in [2.75, 3.05) is 20.3 Å². The number of aryl methyl sites for hydroxylation is 1. The molecule has 1 aliphatic rings. The van der Waals surface area contributed by atoms with Crippen LogP contribution in [0.5, 0.6) is 17.4 Å². The zero-order chi connectivity index (χ0) is 19.7. The van der Waals surface area contributed by atoms with E-state index in [2.05, 4.69) is 4.98 Å². The number of rotatable bonds is 4. The van der Waals surface area contributed by atoms with E-state index < -0.39 is 0 Å². The molecule has 1 aliphatic heterocycles. The van der Waals surface area contributed by atoms with E-state index in [1.165, 1.54) is 0 Å². The molecule has 0 spiro atoms. The number of aromatic nitrogens is 1. The summed E-state index contributed by atoms with van der Waals surface area (Å²) in [6.45, 7) is 3.10. The predicted octanol–water partition coefficient (Wildman–Crippen LogP) is 5.90. The number of benzene rings is 2. The lowest BCUT2D eigenvalue weighted by Crippen LogP contribution is -2.15. The van der Waals surface area contributed by atoms with Crippen LogP contribution in [0.3, 0.4) is 0 Å². The van der Waals surface area contributed by atoms with Crippen molar-refractivity contribution in [3.63, 3.8) is 0 Å². The van der Waals surface area contributed by atoms with E-state index in [-0.39, 0.29) is 0 Å². The molecule has 28 heavy (non-hydrogen) atoms. The van der Waals surface area contributed by atoms with Crippen molar-refractivity contribution >= 4 is 23.2 Å². The topological polar surface area (TPSA) is 40.6 Å². The quantitative estimate of drug-likeness (QED) is 0.497. The first-order chi connectivity index (χ1) is 13.6. The minimum atomic E-state index is 0.336. The molecule has 0 amide bonds. The highest BCUT2D eigenvalue weighted by Gasteiger charge is 2.18. The maximum atomic E-state index is 6.82. The number of alkyl halides is 1. The Morgan fingerprint density at radius 1 is 1.04 bits per heavy atom. The van der Waals surface area contributed by atoms with Gasteiger partial charge in [0, 0.05) is 16.7 Å². The minimum absolute atomic E-state index is 0.336. The van der Waals surface area contributed by atoms with Crippen LogP contribution in [-0.2, 0) is 5.88 Å². The Morgan fingerprint density at radius 2 is 1.79 bits per heavy atom. The molecular formula is C22H19Cl2NO3. The lowest BCUT2D eigenvalue weighted by Gasteiger charge is -2.19. The normalized spacial score (nSPS) is 12.7. The molecule has 4 nitrogen and oxygen atoms in total. The average molecular weight is 416 g/mol. The van der Waals surface area contributed by atoms with Crippen LogP contribution in [0.25, 0.3) is 22.4 Å². The predicted molar refractivity (Wildman–Crippen MR) is 112 cm³/mol. The van der Waals surface area contributed by atoms with Gasteiger partial charge in [-0.05, 0) is 36.2 Å². The number of methoxy groups -OCH3 is 1. The number of hydrogen-bond acceptors (Lipinski definition) is 4. The zero-order valence-corrected chi connectivity index (χ0v) is 17.1.